The topological polar surface area (TPSA) is 36.3 Å². The Morgan fingerprint density at radius 3 is 2.07 bits per heavy atom. The lowest BCUT2D eigenvalue weighted by Crippen LogP contribution is -2.57. The summed E-state index contributed by atoms with van der Waals surface area (Å²) >= 11 is 0. The molecular formula is C30H33F9N2O. The predicted molar refractivity (Wildman–Crippen MR) is 136 cm³/mol. The number of allylic oxidation sites excluding steroid dienone is 4. The Hall–Kier alpha value is -2.26. The summed E-state index contributed by atoms with van der Waals surface area (Å²) in [6.07, 6.45) is -8.99. The number of nitriles is 1. The standard InChI is InChI=1S/C30H33F9N2O/c1-17(41-22-3-2-4-23(41)14-18(13-22)16-40)19-5-10-25-20(15-19)11-12-27(30(37,38)39,26(25)29(34,35)36)42-24-8-6-21(7-9-24)28(31,32)33/h5,10-12,15,17-19,21-24H,2-4,6-9,13-14H2,1H3. The molecule has 2 saturated heterocycles. The Morgan fingerprint density at radius 2 is 1.55 bits per heavy atom. The Bertz CT molecular complexity index is 1180. The summed E-state index contributed by atoms with van der Waals surface area (Å²) < 4.78 is 132. The van der Waals surface area contributed by atoms with Crippen LogP contribution in [-0.4, -0.2) is 53.3 Å². The van der Waals surface area contributed by atoms with Crippen molar-refractivity contribution in [3.63, 3.8) is 0 Å². The van der Waals surface area contributed by atoms with E-state index >= 15 is 0 Å². The summed E-state index contributed by atoms with van der Waals surface area (Å²) in [7, 11) is 0. The molecule has 0 N–H and O–H groups in total. The first-order valence-corrected chi connectivity index (χ1v) is 14.4. The van der Waals surface area contributed by atoms with Crippen molar-refractivity contribution < 1.29 is 44.3 Å². The fraction of sp³-hybridized carbons (Fsp3) is 0.700. The molecule has 0 amide bonds. The molecule has 0 aromatic carbocycles. The molecule has 12 heteroatoms. The highest BCUT2D eigenvalue weighted by Crippen LogP contribution is 2.54. The molecule has 0 radical (unpaired) electrons. The van der Waals surface area contributed by atoms with Crippen molar-refractivity contribution in [2.24, 2.45) is 17.8 Å². The number of hydrogen-bond acceptors (Lipinski definition) is 3. The molecule has 5 rings (SSSR count). The van der Waals surface area contributed by atoms with E-state index < -0.39 is 73.0 Å². The molecule has 2 aliphatic heterocycles. The summed E-state index contributed by atoms with van der Waals surface area (Å²) in [4.78, 5) is 2.33. The maximum atomic E-state index is 14.6. The van der Waals surface area contributed by atoms with Crippen LogP contribution in [0.1, 0.15) is 64.7 Å². The minimum absolute atomic E-state index is 0.00278. The van der Waals surface area contributed by atoms with Crippen LogP contribution in [0.25, 0.3) is 0 Å². The zero-order chi connectivity index (χ0) is 30.7. The maximum absolute atomic E-state index is 14.6. The van der Waals surface area contributed by atoms with Gasteiger partial charge < -0.3 is 4.74 Å². The van der Waals surface area contributed by atoms with Crippen molar-refractivity contribution in [1.82, 2.24) is 4.90 Å². The molecule has 0 aromatic heterocycles. The summed E-state index contributed by atoms with van der Waals surface area (Å²) in [6.45, 7) is 1.95. The third kappa shape index (κ3) is 5.68. The van der Waals surface area contributed by atoms with Gasteiger partial charge in [-0.3, -0.25) is 4.90 Å². The van der Waals surface area contributed by atoms with Gasteiger partial charge in [-0.25, -0.2) is 0 Å². The lowest BCUT2D eigenvalue weighted by Gasteiger charge is -2.52. The van der Waals surface area contributed by atoms with Gasteiger partial charge in [0.2, 0.25) is 5.60 Å². The number of halogens is 9. The number of rotatable bonds is 4. The molecule has 0 aromatic rings. The van der Waals surface area contributed by atoms with E-state index in [1.807, 2.05) is 6.92 Å². The Kier molecular flexibility index (Phi) is 8.18. The Labute approximate surface area is 238 Å². The van der Waals surface area contributed by atoms with Crippen LogP contribution in [0.5, 0.6) is 0 Å². The fourth-order valence-electron chi connectivity index (χ4n) is 7.74. The third-order valence-corrected chi connectivity index (χ3v) is 9.74. The largest absolute Gasteiger partial charge is 0.425 e. The molecule has 5 atom stereocenters. The molecule has 3 fully saturated rings. The van der Waals surface area contributed by atoms with E-state index in [0.29, 0.717) is 18.9 Å². The van der Waals surface area contributed by atoms with E-state index in [4.69, 9.17) is 4.74 Å². The summed E-state index contributed by atoms with van der Waals surface area (Å²) in [6, 6.07) is 2.53. The lowest BCUT2D eigenvalue weighted by atomic mass is 9.74. The van der Waals surface area contributed by atoms with Crippen LogP contribution in [0.3, 0.4) is 0 Å². The second kappa shape index (κ2) is 11.0. The van der Waals surface area contributed by atoms with E-state index in [2.05, 4.69) is 11.0 Å². The highest BCUT2D eigenvalue weighted by atomic mass is 19.4. The maximum Gasteiger partial charge on any atom is 0.425 e. The Balaban J connectivity index is 1.45. The molecule has 42 heavy (non-hydrogen) atoms. The molecule has 2 bridgehead atoms. The van der Waals surface area contributed by atoms with Crippen molar-refractivity contribution in [2.75, 3.05) is 0 Å². The van der Waals surface area contributed by atoms with Gasteiger partial charge in [-0.1, -0.05) is 30.7 Å². The van der Waals surface area contributed by atoms with E-state index in [1.54, 1.807) is 6.08 Å². The highest BCUT2D eigenvalue weighted by molar-refractivity contribution is 5.61. The van der Waals surface area contributed by atoms with Gasteiger partial charge in [0.1, 0.15) is 0 Å². The molecule has 1 saturated carbocycles. The summed E-state index contributed by atoms with van der Waals surface area (Å²) in [5.41, 5.74) is -6.38. The number of fused-ring (bicyclic) bond motifs is 3. The SMILES string of the molecule is CC(C1C=CC2=C(C(F)(F)F)C(OC3CCC(C(F)(F)F)CC3)(C(F)(F)F)C=CC2=C1)N1C2CCCC1CC(C#N)C2. The number of hydrogen-bond donors (Lipinski definition) is 0. The minimum Gasteiger partial charge on any atom is -0.354 e. The van der Waals surface area contributed by atoms with Crippen molar-refractivity contribution >= 4 is 0 Å². The first-order valence-electron chi connectivity index (χ1n) is 14.4. The molecule has 2 heterocycles. The number of nitrogens with zero attached hydrogens (tertiary/aromatic N) is 2. The first kappa shape index (κ1) is 31.2. The quantitative estimate of drug-likeness (QED) is 0.300. The predicted octanol–water partition coefficient (Wildman–Crippen LogP) is 8.51. The first-order chi connectivity index (χ1) is 19.5. The fourth-order valence-corrected chi connectivity index (χ4v) is 7.74. The average molecular weight is 609 g/mol. The highest BCUT2D eigenvalue weighted by Gasteiger charge is 2.66. The van der Waals surface area contributed by atoms with Crippen molar-refractivity contribution in [3.05, 3.63) is 47.1 Å². The van der Waals surface area contributed by atoms with Crippen LogP contribution < -0.4 is 0 Å². The van der Waals surface area contributed by atoms with E-state index in [1.165, 1.54) is 6.08 Å². The van der Waals surface area contributed by atoms with E-state index in [0.717, 1.165) is 31.4 Å². The normalized spacial score (nSPS) is 36.7. The number of alkyl halides is 9. The van der Waals surface area contributed by atoms with Gasteiger partial charge in [-0.05, 0) is 75.5 Å². The second-order valence-electron chi connectivity index (χ2n) is 12.3. The minimum atomic E-state index is -5.52. The van der Waals surface area contributed by atoms with Gasteiger partial charge in [0.25, 0.3) is 0 Å². The average Bonchev–Trinajstić information content (AvgIpc) is 2.90. The van der Waals surface area contributed by atoms with Crippen LogP contribution in [0.15, 0.2) is 47.1 Å². The Morgan fingerprint density at radius 1 is 0.929 bits per heavy atom. The van der Waals surface area contributed by atoms with Crippen molar-refractivity contribution in [2.45, 2.75) is 113 Å². The molecule has 3 nitrogen and oxygen atoms in total. The number of ether oxygens (including phenoxy) is 1. The van der Waals surface area contributed by atoms with Gasteiger partial charge in [-0.15, -0.1) is 0 Å². The molecule has 232 valence electrons. The monoisotopic (exact) mass is 608 g/mol. The zero-order valence-electron chi connectivity index (χ0n) is 23.0. The van der Waals surface area contributed by atoms with Gasteiger partial charge >= 0.3 is 18.5 Å². The van der Waals surface area contributed by atoms with Crippen molar-refractivity contribution in [1.29, 1.82) is 5.26 Å². The smallest absolute Gasteiger partial charge is 0.354 e. The molecule has 0 spiro atoms. The zero-order valence-corrected chi connectivity index (χ0v) is 23.0. The summed E-state index contributed by atoms with van der Waals surface area (Å²) in [5.74, 6) is -2.14. The van der Waals surface area contributed by atoms with Crippen LogP contribution >= 0.6 is 0 Å². The second-order valence-corrected chi connectivity index (χ2v) is 12.3. The summed E-state index contributed by atoms with van der Waals surface area (Å²) in [5, 5.41) is 9.46. The van der Waals surface area contributed by atoms with Gasteiger partial charge in [0.05, 0.1) is 23.7 Å². The van der Waals surface area contributed by atoms with Crippen LogP contribution in [0.4, 0.5) is 39.5 Å². The van der Waals surface area contributed by atoms with Crippen LogP contribution in [-0.2, 0) is 4.74 Å². The molecule has 3 aliphatic carbocycles. The van der Waals surface area contributed by atoms with E-state index in [-0.39, 0.29) is 35.5 Å². The van der Waals surface area contributed by atoms with Gasteiger partial charge in [-0.2, -0.15) is 44.8 Å². The van der Waals surface area contributed by atoms with Crippen LogP contribution in [0.2, 0.25) is 0 Å². The van der Waals surface area contributed by atoms with Gasteiger partial charge in [0.15, 0.2) is 0 Å². The lowest BCUT2D eigenvalue weighted by molar-refractivity contribution is -0.277. The van der Waals surface area contributed by atoms with Gasteiger partial charge in [0, 0.05) is 30.0 Å². The number of piperidine rings is 2. The van der Waals surface area contributed by atoms with E-state index in [9.17, 15) is 44.8 Å². The molecular weight excluding hydrogens is 575 g/mol. The molecule has 5 unspecified atom stereocenters. The van der Waals surface area contributed by atoms with Crippen molar-refractivity contribution in [3.8, 4) is 6.07 Å². The van der Waals surface area contributed by atoms with Crippen LogP contribution in [0, 0.1) is 29.1 Å². The molecule has 5 aliphatic rings. The third-order valence-electron chi connectivity index (χ3n) is 9.74.